The van der Waals surface area contributed by atoms with Gasteiger partial charge in [0, 0.05) is 23.7 Å². The number of rotatable bonds is 5. The predicted molar refractivity (Wildman–Crippen MR) is 102 cm³/mol. The lowest BCUT2D eigenvalue weighted by Gasteiger charge is -2.15. The van der Waals surface area contributed by atoms with Crippen molar-refractivity contribution < 1.29 is 9.59 Å². The Morgan fingerprint density at radius 2 is 1.72 bits per heavy atom. The molecule has 0 aromatic heterocycles. The largest absolute Gasteiger partial charge is 0.342 e. The van der Waals surface area contributed by atoms with Crippen LogP contribution in [0.2, 0.25) is 0 Å². The molecular weight excluding hydrogens is 332 g/mol. The van der Waals surface area contributed by atoms with Crippen LogP contribution in [0.5, 0.6) is 0 Å². The van der Waals surface area contributed by atoms with Crippen LogP contribution < -0.4 is 5.32 Å². The van der Waals surface area contributed by atoms with E-state index in [1.54, 1.807) is 11.8 Å². The number of carbonyl (C=O) groups is 2. The van der Waals surface area contributed by atoms with E-state index in [1.807, 2.05) is 59.7 Å². The quantitative estimate of drug-likeness (QED) is 0.830. The molecule has 25 heavy (non-hydrogen) atoms. The third kappa shape index (κ3) is 4.42. The summed E-state index contributed by atoms with van der Waals surface area (Å²) in [6, 6.07) is 15.1. The highest BCUT2D eigenvalue weighted by molar-refractivity contribution is 7.98. The number of amides is 2. The van der Waals surface area contributed by atoms with E-state index < -0.39 is 0 Å². The molecule has 1 aliphatic rings. The highest BCUT2D eigenvalue weighted by Crippen LogP contribution is 2.21. The van der Waals surface area contributed by atoms with Gasteiger partial charge < -0.3 is 10.2 Å². The third-order valence-corrected chi connectivity index (χ3v) is 5.17. The Kier molecular flexibility index (Phi) is 5.76. The number of hydrogen-bond donors (Lipinski definition) is 1. The van der Waals surface area contributed by atoms with Crippen LogP contribution in [0.15, 0.2) is 53.4 Å². The van der Waals surface area contributed by atoms with Crippen molar-refractivity contribution in [3.63, 3.8) is 0 Å². The summed E-state index contributed by atoms with van der Waals surface area (Å²) in [4.78, 5) is 27.5. The van der Waals surface area contributed by atoms with Crippen LogP contribution in [0.3, 0.4) is 0 Å². The van der Waals surface area contributed by atoms with Gasteiger partial charge in [0.1, 0.15) is 0 Å². The lowest BCUT2D eigenvalue weighted by atomic mass is 10.1. The minimum absolute atomic E-state index is 0.120. The van der Waals surface area contributed by atoms with E-state index in [2.05, 4.69) is 5.32 Å². The van der Waals surface area contributed by atoms with Crippen molar-refractivity contribution >= 4 is 29.3 Å². The van der Waals surface area contributed by atoms with Crippen molar-refractivity contribution in [1.82, 2.24) is 4.90 Å². The molecule has 2 aromatic carbocycles. The molecule has 2 aromatic rings. The second kappa shape index (κ2) is 8.21. The maximum absolute atomic E-state index is 12.4. The minimum atomic E-state index is -0.120. The average Bonchev–Trinajstić information content (AvgIpc) is 3.18. The van der Waals surface area contributed by atoms with Crippen LogP contribution in [0.25, 0.3) is 0 Å². The Hall–Kier alpha value is -2.27. The Labute approximate surface area is 152 Å². The van der Waals surface area contributed by atoms with Crippen molar-refractivity contribution in [3.8, 4) is 0 Å². The van der Waals surface area contributed by atoms with Crippen LogP contribution in [0, 0.1) is 0 Å². The molecule has 1 heterocycles. The van der Waals surface area contributed by atoms with Gasteiger partial charge in [-0.05, 0) is 48.9 Å². The SMILES string of the molecule is CSc1ccccc1C(=O)Nc1ccc(CC(=O)N2CCCC2)cc1. The van der Waals surface area contributed by atoms with E-state index in [-0.39, 0.29) is 11.8 Å². The number of hydrogen-bond acceptors (Lipinski definition) is 3. The first-order chi connectivity index (χ1) is 12.2. The van der Waals surface area contributed by atoms with Gasteiger partial charge in [-0.2, -0.15) is 0 Å². The number of likely N-dealkylation sites (tertiary alicyclic amines) is 1. The van der Waals surface area contributed by atoms with Crippen molar-refractivity contribution in [2.24, 2.45) is 0 Å². The molecule has 5 heteroatoms. The first-order valence-electron chi connectivity index (χ1n) is 8.48. The monoisotopic (exact) mass is 354 g/mol. The van der Waals surface area contributed by atoms with Gasteiger partial charge in [0.05, 0.1) is 12.0 Å². The maximum Gasteiger partial charge on any atom is 0.256 e. The first-order valence-corrected chi connectivity index (χ1v) is 9.71. The summed E-state index contributed by atoms with van der Waals surface area (Å²) < 4.78 is 0. The molecule has 1 aliphatic heterocycles. The van der Waals surface area contributed by atoms with Crippen LogP contribution in [-0.2, 0) is 11.2 Å². The molecule has 0 atom stereocenters. The Morgan fingerprint density at radius 3 is 2.40 bits per heavy atom. The Bertz CT molecular complexity index is 753. The molecule has 1 saturated heterocycles. The normalized spacial score (nSPS) is 13.7. The molecular formula is C20H22N2O2S. The molecule has 1 fully saturated rings. The number of nitrogens with zero attached hydrogens (tertiary/aromatic N) is 1. The van der Waals surface area contributed by atoms with Gasteiger partial charge >= 0.3 is 0 Å². The van der Waals surface area contributed by atoms with E-state index >= 15 is 0 Å². The van der Waals surface area contributed by atoms with Crippen molar-refractivity contribution in [3.05, 3.63) is 59.7 Å². The van der Waals surface area contributed by atoms with Crippen molar-refractivity contribution in [2.75, 3.05) is 24.7 Å². The summed E-state index contributed by atoms with van der Waals surface area (Å²) in [6.45, 7) is 1.75. The zero-order chi connectivity index (χ0) is 17.6. The van der Waals surface area contributed by atoms with Crippen molar-refractivity contribution in [1.29, 1.82) is 0 Å². The standard InChI is InChI=1S/C20H22N2O2S/c1-25-18-7-3-2-6-17(18)20(24)21-16-10-8-15(9-11-16)14-19(23)22-12-4-5-13-22/h2-3,6-11H,4-5,12-14H2,1H3,(H,21,24). The van der Waals surface area contributed by atoms with Gasteiger partial charge in [0.15, 0.2) is 0 Å². The molecule has 0 spiro atoms. The van der Waals surface area contributed by atoms with E-state index in [0.717, 1.165) is 42.1 Å². The van der Waals surface area contributed by atoms with Gasteiger partial charge in [-0.15, -0.1) is 11.8 Å². The lowest BCUT2D eigenvalue weighted by molar-refractivity contribution is -0.129. The maximum atomic E-state index is 12.4. The molecule has 0 radical (unpaired) electrons. The molecule has 130 valence electrons. The number of thioether (sulfide) groups is 1. The highest BCUT2D eigenvalue weighted by atomic mass is 32.2. The van der Waals surface area contributed by atoms with E-state index in [1.165, 1.54) is 0 Å². The van der Waals surface area contributed by atoms with Gasteiger partial charge in [0.2, 0.25) is 5.91 Å². The summed E-state index contributed by atoms with van der Waals surface area (Å²) in [5, 5.41) is 2.92. The molecule has 0 unspecified atom stereocenters. The fourth-order valence-corrected chi connectivity index (χ4v) is 3.58. The summed E-state index contributed by atoms with van der Waals surface area (Å²) in [7, 11) is 0. The smallest absolute Gasteiger partial charge is 0.256 e. The molecule has 0 aliphatic carbocycles. The Balaban J connectivity index is 1.62. The van der Waals surface area contributed by atoms with Gasteiger partial charge in [-0.25, -0.2) is 0 Å². The minimum Gasteiger partial charge on any atom is -0.342 e. The average molecular weight is 354 g/mol. The van der Waals surface area contributed by atoms with Gasteiger partial charge in [-0.1, -0.05) is 24.3 Å². The Morgan fingerprint density at radius 1 is 1.04 bits per heavy atom. The van der Waals surface area contributed by atoms with Gasteiger partial charge in [0.25, 0.3) is 5.91 Å². The molecule has 1 N–H and O–H groups in total. The summed E-state index contributed by atoms with van der Waals surface area (Å²) in [6.07, 6.45) is 4.59. The van der Waals surface area contributed by atoms with Crippen LogP contribution in [0.4, 0.5) is 5.69 Å². The van der Waals surface area contributed by atoms with Crippen molar-refractivity contribution in [2.45, 2.75) is 24.2 Å². The zero-order valence-corrected chi connectivity index (χ0v) is 15.1. The third-order valence-electron chi connectivity index (χ3n) is 4.38. The van der Waals surface area contributed by atoms with E-state index in [4.69, 9.17) is 0 Å². The van der Waals surface area contributed by atoms with E-state index in [0.29, 0.717) is 12.0 Å². The van der Waals surface area contributed by atoms with Gasteiger partial charge in [-0.3, -0.25) is 9.59 Å². The fraction of sp³-hybridized carbons (Fsp3) is 0.300. The zero-order valence-electron chi connectivity index (χ0n) is 14.3. The summed E-state index contributed by atoms with van der Waals surface area (Å²) in [5.74, 6) is 0.0639. The molecule has 2 amide bonds. The topological polar surface area (TPSA) is 49.4 Å². The number of benzene rings is 2. The predicted octanol–water partition coefficient (Wildman–Crippen LogP) is 3.83. The van der Waals surface area contributed by atoms with Crippen LogP contribution in [0.1, 0.15) is 28.8 Å². The first kappa shape index (κ1) is 17.5. The van der Waals surface area contributed by atoms with Crippen LogP contribution >= 0.6 is 11.8 Å². The number of anilines is 1. The summed E-state index contributed by atoms with van der Waals surface area (Å²) >= 11 is 1.55. The second-order valence-electron chi connectivity index (χ2n) is 6.12. The molecule has 0 bridgehead atoms. The second-order valence-corrected chi connectivity index (χ2v) is 6.96. The van der Waals surface area contributed by atoms with Crippen LogP contribution in [-0.4, -0.2) is 36.1 Å². The number of nitrogens with one attached hydrogen (secondary N) is 1. The summed E-state index contributed by atoms with van der Waals surface area (Å²) in [5.41, 5.74) is 2.38. The molecule has 0 saturated carbocycles. The molecule has 4 nitrogen and oxygen atoms in total. The fourth-order valence-electron chi connectivity index (χ4n) is 2.99. The molecule has 3 rings (SSSR count). The van der Waals surface area contributed by atoms with E-state index in [9.17, 15) is 9.59 Å². The highest BCUT2D eigenvalue weighted by Gasteiger charge is 2.18. The number of carbonyl (C=O) groups excluding carboxylic acids is 2. The lowest BCUT2D eigenvalue weighted by Crippen LogP contribution is -2.29.